The molecule has 1 aromatic rings. The lowest BCUT2D eigenvalue weighted by Crippen LogP contribution is -2.63. The number of fused-ring (bicyclic) bond motifs is 2. The highest BCUT2D eigenvalue weighted by atomic mass is 32.1. The van der Waals surface area contributed by atoms with Crippen molar-refractivity contribution in [3.63, 3.8) is 0 Å². The fourth-order valence-electron chi connectivity index (χ4n) is 8.16. The molecule has 0 aromatic carbocycles. The first kappa shape index (κ1) is 18.7. The summed E-state index contributed by atoms with van der Waals surface area (Å²) >= 11 is 1.88. The van der Waals surface area contributed by atoms with Crippen molar-refractivity contribution in [1.82, 2.24) is 15.5 Å². The molecule has 7 rings (SSSR count). The molecular formula is C24H35N3OS. The summed E-state index contributed by atoms with van der Waals surface area (Å²) in [5, 5.41) is 9.14. The van der Waals surface area contributed by atoms with Crippen molar-refractivity contribution < 1.29 is 4.79 Å². The van der Waals surface area contributed by atoms with Gasteiger partial charge in [-0.3, -0.25) is 4.90 Å². The third kappa shape index (κ3) is 3.63. The molecule has 2 saturated heterocycles. The van der Waals surface area contributed by atoms with Crippen LogP contribution in [0.25, 0.3) is 0 Å². The normalized spacial score (nSPS) is 43.3. The fraction of sp³-hybridized carbons (Fsp3) is 0.792. The molecule has 3 heterocycles. The van der Waals surface area contributed by atoms with E-state index in [-0.39, 0.29) is 11.6 Å². The average Bonchev–Trinajstić information content (AvgIpc) is 3.13. The number of rotatable bonds is 4. The van der Waals surface area contributed by atoms with Crippen LogP contribution in [-0.4, -0.2) is 34.6 Å². The molecule has 2 N–H and O–H groups in total. The smallest absolute Gasteiger partial charge is 0.315 e. The molecule has 4 aliphatic carbocycles. The van der Waals surface area contributed by atoms with Gasteiger partial charge in [-0.05, 0) is 93.4 Å². The second-order valence-corrected chi connectivity index (χ2v) is 12.0. The molecule has 4 nitrogen and oxygen atoms in total. The molecule has 2 aliphatic heterocycles. The van der Waals surface area contributed by atoms with E-state index in [0.29, 0.717) is 18.1 Å². The fourth-order valence-corrected chi connectivity index (χ4v) is 8.88. The monoisotopic (exact) mass is 413 g/mol. The number of piperidine rings is 2. The third-order valence-corrected chi connectivity index (χ3v) is 9.66. The second kappa shape index (κ2) is 7.26. The van der Waals surface area contributed by atoms with Crippen molar-refractivity contribution in [3.05, 3.63) is 22.4 Å². The van der Waals surface area contributed by atoms with Gasteiger partial charge in [-0.2, -0.15) is 0 Å². The molecule has 158 valence electrons. The highest BCUT2D eigenvalue weighted by Crippen LogP contribution is 2.55. The van der Waals surface area contributed by atoms with E-state index in [9.17, 15) is 4.79 Å². The number of thiophene rings is 1. The maximum atomic E-state index is 13.0. The van der Waals surface area contributed by atoms with Gasteiger partial charge >= 0.3 is 6.03 Å². The lowest BCUT2D eigenvalue weighted by Gasteiger charge is -2.57. The van der Waals surface area contributed by atoms with E-state index in [1.54, 1.807) is 0 Å². The molecule has 5 heteroatoms. The van der Waals surface area contributed by atoms with Crippen LogP contribution >= 0.6 is 11.3 Å². The highest BCUT2D eigenvalue weighted by molar-refractivity contribution is 7.09. The maximum Gasteiger partial charge on any atom is 0.315 e. The Morgan fingerprint density at radius 3 is 2.28 bits per heavy atom. The van der Waals surface area contributed by atoms with Gasteiger partial charge in [0.05, 0.1) is 0 Å². The summed E-state index contributed by atoms with van der Waals surface area (Å²) in [5.41, 5.74) is 0.120. The zero-order chi connectivity index (χ0) is 19.4. The van der Waals surface area contributed by atoms with Gasteiger partial charge < -0.3 is 10.6 Å². The Balaban J connectivity index is 1.08. The number of hydrogen-bond acceptors (Lipinski definition) is 3. The van der Waals surface area contributed by atoms with Crippen LogP contribution in [0.3, 0.4) is 0 Å². The minimum Gasteiger partial charge on any atom is -0.335 e. The predicted octanol–water partition coefficient (Wildman–Crippen LogP) is 4.90. The molecule has 1 aromatic heterocycles. The van der Waals surface area contributed by atoms with Crippen LogP contribution in [0.15, 0.2) is 17.5 Å². The Labute approximate surface area is 178 Å². The van der Waals surface area contributed by atoms with Gasteiger partial charge in [0.1, 0.15) is 0 Å². The number of carbonyl (C=O) groups is 1. The van der Waals surface area contributed by atoms with Gasteiger partial charge in [0.15, 0.2) is 0 Å². The summed E-state index contributed by atoms with van der Waals surface area (Å²) in [6.07, 6.45) is 14.1. The van der Waals surface area contributed by atoms with Gasteiger partial charge in [0, 0.05) is 35.1 Å². The predicted molar refractivity (Wildman–Crippen MR) is 117 cm³/mol. The SMILES string of the molecule is O=C(NC1C[C@@H]2CCC[C@@H](C1)N2Cc1cccs1)NC12CC3CC(CC(C3)C1)C2. The Morgan fingerprint density at radius 1 is 1.03 bits per heavy atom. The Bertz CT molecular complexity index is 698. The van der Waals surface area contributed by atoms with E-state index < -0.39 is 0 Å². The van der Waals surface area contributed by atoms with E-state index in [0.717, 1.165) is 37.1 Å². The molecule has 0 unspecified atom stereocenters. The summed E-state index contributed by atoms with van der Waals surface area (Å²) in [5.74, 6) is 2.63. The molecule has 0 spiro atoms. The highest BCUT2D eigenvalue weighted by Gasteiger charge is 2.51. The molecule has 6 bridgehead atoms. The molecule has 4 saturated carbocycles. The first-order valence-corrected chi connectivity index (χ1v) is 12.9. The van der Waals surface area contributed by atoms with E-state index in [4.69, 9.17) is 0 Å². The molecule has 2 atom stereocenters. The summed E-state index contributed by atoms with van der Waals surface area (Å²) in [4.78, 5) is 17.2. The number of carbonyl (C=O) groups excluding carboxylic acids is 1. The van der Waals surface area contributed by atoms with Gasteiger partial charge in [-0.25, -0.2) is 4.79 Å². The first-order valence-electron chi connectivity index (χ1n) is 12.0. The van der Waals surface area contributed by atoms with E-state index in [2.05, 4.69) is 33.0 Å². The van der Waals surface area contributed by atoms with Crippen molar-refractivity contribution in [2.75, 3.05) is 0 Å². The molecular weight excluding hydrogens is 378 g/mol. The quantitative estimate of drug-likeness (QED) is 0.737. The van der Waals surface area contributed by atoms with Crippen LogP contribution in [0.4, 0.5) is 4.79 Å². The van der Waals surface area contributed by atoms with Gasteiger partial charge in [-0.15, -0.1) is 11.3 Å². The number of hydrogen-bond donors (Lipinski definition) is 2. The standard InChI is InChI=1S/C24H35N3OS/c28-23(26-24-12-16-7-17(13-24)9-18(8-16)14-24)25-19-10-20-3-1-4-21(11-19)27(20)15-22-5-2-6-29-22/h2,5-6,16-21H,1,3-4,7-15H2,(H2,25,26,28)/t16?,17?,18?,20-,21-,24?/m0/s1. The summed E-state index contributed by atoms with van der Waals surface area (Å²) in [7, 11) is 0. The number of urea groups is 1. The van der Waals surface area contributed by atoms with Gasteiger partial charge in [0.2, 0.25) is 0 Å². The van der Waals surface area contributed by atoms with Crippen molar-refractivity contribution in [3.8, 4) is 0 Å². The van der Waals surface area contributed by atoms with Gasteiger partial charge in [0.25, 0.3) is 0 Å². The van der Waals surface area contributed by atoms with Crippen LogP contribution in [-0.2, 0) is 6.54 Å². The maximum absolute atomic E-state index is 13.0. The Kier molecular flexibility index (Phi) is 4.68. The second-order valence-electron chi connectivity index (χ2n) is 11.0. The minimum atomic E-state index is 0.120. The topological polar surface area (TPSA) is 44.4 Å². The van der Waals surface area contributed by atoms with Crippen molar-refractivity contribution in [1.29, 1.82) is 0 Å². The summed E-state index contributed by atoms with van der Waals surface area (Å²) < 4.78 is 0. The van der Waals surface area contributed by atoms with Crippen molar-refractivity contribution in [2.45, 2.75) is 101 Å². The lowest BCUT2D eigenvalue weighted by molar-refractivity contribution is -0.0145. The van der Waals surface area contributed by atoms with Crippen LogP contribution in [0.2, 0.25) is 0 Å². The van der Waals surface area contributed by atoms with Crippen molar-refractivity contribution >= 4 is 17.4 Å². The Hall–Kier alpha value is -1.07. The summed E-state index contributed by atoms with van der Waals surface area (Å²) in [6.45, 7) is 1.10. The van der Waals surface area contributed by atoms with E-state index in [1.165, 1.54) is 62.7 Å². The largest absolute Gasteiger partial charge is 0.335 e. The third-order valence-electron chi connectivity index (χ3n) is 8.80. The van der Waals surface area contributed by atoms with Crippen molar-refractivity contribution in [2.24, 2.45) is 17.8 Å². The zero-order valence-corrected chi connectivity index (χ0v) is 18.3. The molecule has 29 heavy (non-hydrogen) atoms. The lowest BCUT2D eigenvalue weighted by atomic mass is 9.53. The van der Waals surface area contributed by atoms with Crippen LogP contribution < -0.4 is 10.6 Å². The van der Waals surface area contributed by atoms with Crippen LogP contribution in [0.1, 0.15) is 75.5 Å². The van der Waals surface area contributed by atoms with Crippen LogP contribution in [0, 0.1) is 17.8 Å². The number of nitrogens with zero attached hydrogens (tertiary/aromatic N) is 1. The van der Waals surface area contributed by atoms with E-state index in [1.807, 2.05) is 11.3 Å². The number of nitrogens with one attached hydrogen (secondary N) is 2. The minimum absolute atomic E-state index is 0.120. The molecule has 2 amide bonds. The van der Waals surface area contributed by atoms with Gasteiger partial charge in [-0.1, -0.05) is 12.5 Å². The Morgan fingerprint density at radius 2 is 1.69 bits per heavy atom. The molecule has 6 fully saturated rings. The first-order chi connectivity index (χ1) is 14.1. The molecule has 0 radical (unpaired) electrons. The summed E-state index contributed by atoms with van der Waals surface area (Å²) in [6, 6.07) is 6.17. The van der Waals surface area contributed by atoms with E-state index >= 15 is 0 Å². The number of amides is 2. The molecule has 6 aliphatic rings. The zero-order valence-electron chi connectivity index (χ0n) is 17.4. The van der Waals surface area contributed by atoms with Crippen LogP contribution in [0.5, 0.6) is 0 Å². The average molecular weight is 414 g/mol.